The molecule has 5 heteroatoms. The predicted molar refractivity (Wildman–Crippen MR) is 130 cm³/mol. The number of aromatic nitrogens is 1. The molecule has 4 rings (SSSR count). The number of halogens is 1. The van der Waals surface area contributed by atoms with Crippen molar-refractivity contribution in [3.63, 3.8) is 0 Å². The highest BCUT2D eigenvalue weighted by atomic mass is 19.1. The van der Waals surface area contributed by atoms with Crippen LogP contribution in [0.3, 0.4) is 0 Å². The summed E-state index contributed by atoms with van der Waals surface area (Å²) in [5, 5.41) is 1.32. The first-order valence-electron chi connectivity index (χ1n) is 11.5. The van der Waals surface area contributed by atoms with Gasteiger partial charge in [0.2, 0.25) is 0 Å². The molecule has 3 aromatic rings. The van der Waals surface area contributed by atoms with Crippen LogP contribution in [0.1, 0.15) is 53.8 Å². The Kier molecular flexibility index (Phi) is 6.97. The zero-order valence-corrected chi connectivity index (χ0v) is 19.4. The van der Waals surface area contributed by atoms with E-state index in [-0.39, 0.29) is 12.7 Å². The molecule has 0 aliphatic carbocycles. The Hall–Kier alpha value is -2.63. The molecule has 0 bridgehead atoms. The third-order valence-electron chi connectivity index (χ3n) is 6.51. The second-order valence-corrected chi connectivity index (χ2v) is 8.92. The lowest BCUT2D eigenvalue weighted by Gasteiger charge is -2.38. The summed E-state index contributed by atoms with van der Waals surface area (Å²) in [5.41, 5.74) is 11.7. The lowest BCUT2D eigenvalue weighted by molar-refractivity contribution is 0.186. The van der Waals surface area contributed by atoms with E-state index in [9.17, 15) is 4.39 Å². The van der Waals surface area contributed by atoms with Gasteiger partial charge >= 0.3 is 0 Å². The lowest BCUT2D eigenvalue weighted by Crippen LogP contribution is -2.37. The van der Waals surface area contributed by atoms with Crippen molar-refractivity contribution in [2.45, 2.75) is 46.1 Å². The summed E-state index contributed by atoms with van der Waals surface area (Å²) >= 11 is 0. The summed E-state index contributed by atoms with van der Waals surface area (Å²) in [7, 11) is 0. The molecule has 0 saturated carbocycles. The van der Waals surface area contributed by atoms with Gasteiger partial charge in [-0.2, -0.15) is 5.48 Å². The third kappa shape index (κ3) is 4.45. The van der Waals surface area contributed by atoms with Crippen LogP contribution in [0.25, 0.3) is 10.9 Å². The van der Waals surface area contributed by atoms with Crippen molar-refractivity contribution in [1.29, 1.82) is 0 Å². The largest absolute Gasteiger partial charge is 0.408 e. The number of nitrogens with zero attached hydrogens (tertiary/aromatic N) is 1. The molecular weight excluding hydrogens is 401 g/mol. The maximum Gasteiger partial charge on any atom is 0.150 e. The van der Waals surface area contributed by atoms with E-state index in [2.05, 4.69) is 73.0 Å². The van der Waals surface area contributed by atoms with Gasteiger partial charge in [0.05, 0.1) is 12.7 Å². The number of hydroxylamine groups is 1. The van der Waals surface area contributed by atoms with Gasteiger partial charge in [-0.3, -0.25) is 9.29 Å². The van der Waals surface area contributed by atoms with Crippen molar-refractivity contribution < 1.29 is 9.23 Å². The Labute approximate surface area is 190 Å². The number of fused-ring (bicyclic) bond motifs is 3. The van der Waals surface area contributed by atoms with Crippen LogP contribution in [0.5, 0.6) is 5.75 Å². The molecule has 2 N–H and O–H groups in total. The average Bonchev–Trinajstić information content (AvgIpc) is 3.16. The van der Waals surface area contributed by atoms with Gasteiger partial charge < -0.3 is 9.82 Å². The molecule has 32 heavy (non-hydrogen) atoms. The zero-order chi connectivity index (χ0) is 22.7. The van der Waals surface area contributed by atoms with Crippen molar-refractivity contribution in [2.24, 2.45) is 0 Å². The van der Waals surface area contributed by atoms with Gasteiger partial charge in [-0.05, 0) is 74.4 Å². The standard InChI is InChI=1S/C27H34FN3O/c1-18(2)12-16-31-17-13-22-21-8-5-6-9-23(21)30-26(22)27(31)25-19(3)10-11-24(20(25)4)32-29-15-7-14-28/h5-6,8-11,27,29-30H,1,7,12-17H2,2-4H3. The van der Waals surface area contributed by atoms with Crippen molar-refractivity contribution in [3.8, 4) is 5.75 Å². The number of alkyl halides is 1. The summed E-state index contributed by atoms with van der Waals surface area (Å²) in [4.78, 5) is 12.2. The van der Waals surface area contributed by atoms with Crippen molar-refractivity contribution >= 4 is 10.9 Å². The van der Waals surface area contributed by atoms with E-state index in [1.54, 1.807) is 0 Å². The summed E-state index contributed by atoms with van der Waals surface area (Å²) in [5.74, 6) is 0.799. The topological polar surface area (TPSA) is 40.3 Å². The van der Waals surface area contributed by atoms with Gasteiger partial charge in [-0.1, -0.05) is 29.8 Å². The second kappa shape index (κ2) is 9.88. The number of aryl methyl sites for hydroxylation is 1. The summed E-state index contributed by atoms with van der Waals surface area (Å²) < 4.78 is 12.4. The normalized spacial score (nSPS) is 16.3. The monoisotopic (exact) mass is 435 g/mol. The molecule has 1 aliphatic heterocycles. The van der Waals surface area contributed by atoms with Crippen LogP contribution in [0.4, 0.5) is 4.39 Å². The van der Waals surface area contributed by atoms with Gasteiger partial charge in [0, 0.05) is 36.2 Å². The molecule has 1 atom stereocenters. The molecule has 2 heterocycles. The average molecular weight is 436 g/mol. The Bertz CT molecular complexity index is 1100. The molecule has 0 fully saturated rings. The maximum atomic E-state index is 12.4. The molecule has 0 amide bonds. The van der Waals surface area contributed by atoms with Gasteiger partial charge in [0.25, 0.3) is 0 Å². The van der Waals surface area contributed by atoms with Crippen LogP contribution in [0.15, 0.2) is 48.6 Å². The van der Waals surface area contributed by atoms with E-state index < -0.39 is 0 Å². The number of rotatable bonds is 9. The Balaban J connectivity index is 1.78. The third-order valence-corrected chi connectivity index (χ3v) is 6.51. The highest BCUT2D eigenvalue weighted by molar-refractivity contribution is 5.85. The fraction of sp³-hybridized carbons (Fsp3) is 0.407. The number of nitrogens with one attached hydrogen (secondary N) is 2. The van der Waals surface area contributed by atoms with Crippen molar-refractivity contribution in [1.82, 2.24) is 15.4 Å². The van der Waals surface area contributed by atoms with Crippen molar-refractivity contribution in [2.75, 3.05) is 26.3 Å². The molecule has 170 valence electrons. The first-order valence-corrected chi connectivity index (χ1v) is 11.5. The fourth-order valence-electron chi connectivity index (χ4n) is 4.84. The minimum atomic E-state index is -0.350. The number of hydrogen-bond donors (Lipinski definition) is 2. The molecule has 0 radical (unpaired) electrons. The van der Waals surface area contributed by atoms with E-state index in [0.29, 0.717) is 13.0 Å². The van der Waals surface area contributed by atoms with Gasteiger partial charge in [-0.25, -0.2) is 0 Å². The van der Waals surface area contributed by atoms with Gasteiger partial charge in [0.1, 0.15) is 5.75 Å². The van der Waals surface area contributed by atoms with Crippen LogP contribution in [0, 0.1) is 13.8 Å². The molecule has 1 unspecified atom stereocenters. The quantitative estimate of drug-likeness (QED) is 0.248. The molecular formula is C27H34FN3O. The van der Waals surface area contributed by atoms with Gasteiger partial charge in [0.15, 0.2) is 0 Å². The smallest absolute Gasteiger partial charge is 0.150 e. The number of benzene rings is 2. The van der Waals surface area contributed by atoms with Crippen LogP contribution in [-0.2, 0) is 6.42 Å². The minimum absolute atomic E-state index is 0.125. The Morgan fingerprint density at radius 1 is 1.25 bits per heavy atom. The van der Waals surface area contributed by atoms with E-state index >= 15 is 0 Å². The van der Waals surface area contributed by atoms with E-state index in [0.717, 1.165) is 37.2 Å². The number of aromatic amines is 1. The second-order valence-electron chi connectivity index (χ2n) is 8.92. The minimum Gasteiger partial charge on any atom is -0.408 e. The van der Waals surface area contributed by atoms with Crippen LogP contribution in [0.2, 0.25) is 0 Å². The fourth-order valence-corrected chi connectivity index (χ4v) is 4.84. The van der Waals surface area contributed by atoms with E-state index in [1.165, 1.54) is 38.9 Å². The Morgan fingerprint density at radius 3 is 2.84 bits per heavy atom. The highest BCUT2D eigenvalue weighted by Crippen LogP contribution is 2.42. The molecule has 0 saturated heterocycles. The van der Waals surface area contributed by atoms with Gasteiger partial charge in [-0.15, -0.1) is 6.58 Å². The summed E-state index contributed by atoms with van der Waals surface area (Å²) in [6.45, 7) is 12.6. The molecule has 1 aromatic heterocycles. The first-order chi connectivity index (χ1) is 15.5. The number of hydrogen-bond acceptors (Lipinski definition) is 3. The molecule has 0 spiro atoms. The zero-order valence-electron chi connectivity index (χ0n) is 19.4. The molecule has 4 nitrogen and oxygen atoms in total. The van der Waals surface area contributed by atoms with Crippen molar-refractivity contribution in [3.05, 3.63) is 76.5 Å². The summed E-state index contributed by atoms with van der Waals surface area (Å²) in [6.07, 6.45) is 2.45. The lowest BCUT2D eigenvalue weighted by atomic mass is 9.87. The van der Waals surface area contributed by atoms with E-state index in [1.807, 2.05) is 6.07 Å². The number of para-hydroxylation sites is 1. The van der Waals surface area contributed by atoms with Crippen LogP contribution >= 0.6 is 0 Å². The molecule has 2 aromatic carbocycles. The maximum absolute atomic E-state index is 12.4. The molecule has 1 aliphatic rings. The predicted octanol–water partition coefficient (Wildman–Crippen LogP) is 5.94. The van der Waals surface area contributed by atoms with Crippen LogP contribution < -0.4 is 10.3 Å². The highest BCUT2D eigenvalue weighted by Gasteiger charge is 2.33. The van der Waals surface area contributed by atoms with E-state index in [4.69, 9.17) is 4.84 Å². The number of H-pyrrole nitrogens is 1. The SMILES string of the molecule is C=C(C)CCN1CCc2c([nH]c3ccccc23)C1c1c(C)ccc(ONCCCF)c1C. The van der Waals surface area contributed by atoms with Crippen LogP contribution in [-0.4, -0.2) is 36.2 Å². The summed E-state index contributed by atoms with van der Waals surface area (Å²) in [6, 6.07) is 12.8. The first kappa shape index (κ1) is 22.6. The Morgan fingerprint density at radius 2 is 2.06 bits per heavy atom.